The van der Waals surface area contributed by atoms with E-state index in [0.29, 0.717) is 33.5 Å². The van der Waals surface area contributed by atoms with Crippen LogP contribution in [-0.4, -0.2) is 15.4 Å². The molecule has 2 aromatic carbocycles. The number of hydrogen-bond donors (Lipinski definition) is 2. The third kappa shape index (κ3) is 5.21. The van der Waals surface area contributed by atoms with Crippen LogP contribution in [0.2, 0.25) is 5.02 Å². The van der Waals surface area contributed by atoms with Crippen LogP contribution in [0.5, 0.6) is 5.75 Å². The maximum atomic E-state index is 12.3. The monoisotopic (exact) mass is 434 g/mol. The highest BCUT2D eigenvalue weighted by atomic mass is 35.5. The van der Waals surface area contributed by atoms with Crippen molar-refractivity contribution in [2.45, 2.75) is 13.5 Å². The van der Waals surface area contributed by atoms with Gasteiger partial charge in [-0.2, -0.15) is 0 Å². The van der Waals surface area contributed by atoms with Gasteiger partial charge in [-0.3, -0.25) is 9.20 Å². The summed E-state index contributed by atoms with van der Waals surface area (Å²) in [6.07, 6.45) is 1.52. The van der Waals surface area contributed by atoms with E-state index in [2.05, 4.69) is 15.6 Å². The van der Waals surface area contributed by atoms with E-state index >= 15 is 0 Å². The zero-order chi connectivity index (χ0) is 21.8. The van der Waals surface area contributed by atoms with Gasteiger partial charge in [0.25, 0.3) is 5.56 Å². The van der Waals surface area contributed by atoms with Crippen molar-refractivity contribution in [1.29, 1.82) is 0 Å². The number of hydrogen-bond acceptors (Lipinski definition) is 4. The fraction of sp³-hybridized carbons (Fsp3) is 0.0870. The van der Waals surface area contributed by atoms with Gasteiger partial charge in [-0.15, -0.1) is 0 Å². The largest absolute Gasteiger partial charge is 0.487 e. The molecule has 31 heavy (non-hydrogen) atoms. The third-order valence-electron chi connectivity index (χ3n) is 4.46. The third-order valence-corrected chi connectivity index (χ3v) is 4.69. The van der Waals surface area contributed by atoms with Crippen molar-refractivity contribution in [3.8, 4) is 5.75 Å². The number of anilines is 2. The number of pyridine rings is 1. The molecule has 2 heterocycles. The van der Waals surface area contributed by atoms with Crippen LogP contribution < -0.4 is 20.9 Å². The lowest BCUT2D eigenvalue weighted by Gasteiger charge is -2.10. The zero-order valence-electron chi connectivity index (χ0n) is 16.6. The molecule has 0 bridgehead atoms. The molecule has 8 heteroatoms. The first kappa shape index (κ1) is 20.4. The number of nitrogens with zero attached hydrogens (tertiary/aromatic N) is 2. The Morgan fingerprint density at radius 1 is 1.03 bits per heavy atom. The first-order chi connectivity index (χ1) is 15.0. The van der Waals surface area contributed by atoms with Crippen molar-refractivity contribution in [2.75, 3.05) is 10.6 Å². The van der Waals surface area contributed by atoms with Crippen LogP contribution in [0.3, 0.4) is 0 Å². The van der Waals surface area contributed by atoms with Gasteiger partial charge in [-0.1, -0.05) is 35.4 Å². The molecule has 2 amide bonds. The Balaban J connectivity index is 1.41. The molecule has 0 unspecified atom stereocenters. The van der Waals surface area contributed by atoms with E-state index in [0.717, 1.165) is 5.56 Å². The lowest BCUT2D eigenvalue weighted by molar-refractivity contribution is 0.262. The number of carbonyl (C=O) groups is 1. The Labute approximate surface area is 183 Å². The predicted molar refractivity (Wildman–Crippen MR) is 121 cm³/mol. The molecule has 0 atom stereocenters. The molecule has 156 valence electrons. The molecule has 2 N–H and O–H groups in total. The highest BCUT2D eigenvalue weighted by Crippen LogP contribution is 2.19. The maximum Gasteiger partial charge on any atom is 0.323 e. The van der Waals surface area contributed by atoms with Crippen molar-refractivity contribution in [2.24, 2.45) is 0 Å². The topological polar surface area (TPSA) is 84.7 Å². The Hall–Kier alpha value is -3.84. The van der Waals surface area contributed by atoms with E-state index < -0.39 is 0 Å². The van der Waals surface area contributed by atoms with Gasteiger partial charge in [-0.05, 0) is 43.3 Å². The Bertz CT molecular complexity index is 1300. The molecule has 0 fully saturated rings. The number of aromatic nitrogens is 2. The fourth-order valence-corrected chi connectivity index (χ4v) is 3.11. The van der Waals surface area contributed by atoms with Crippen LogP contribution in [0.15, 0.2) is 77.7 Å². The molecule has 0 aliphatic rings. The van der Waals surface area contributed by atoms with Crippen molar-refractivity contribution in [3.05, 3.63) is 99.6 Å². The van der Waals surface area contributed by atoms with Gasteiger partial charge in [-0.25, -0.2) is 9.78 Å². The van der Waals surface area contributed by atoms with Gasteiger partial charge in [0.1, 0.15) is 18.0 Å². The number of fused-ring (bicyclic) bond motifs is 1. The molecule has 4 aromatic rings. The van der Waals surface area contributed by atoms with E-state index in [-0.39, 0.29) is 18.2 Å². The normalized spacial score (nSPS) is 10.6. The fourth-order valence-electron chi connectivity index (χ4n) is 2.95. The summed E-state index contributed by atoms with van der Waals surface area (Å²) in [5.74, 6) is 0.534. The number of nitrogens with one attached hydrogen (secondary N) is 2. The second kappa shape index (κ2) is 8.89. The summed E-state index contributed by atoms with van der Waals surface area (Å²) >= 11 is 5.93. The van der Waals surface area contributed by atoms with Crippen molar-refractivity contribution >= 4 is 34.7 Å². The SMILES string of the molecule is Cc1ccc(NC(=O)Nc2cccc(OCc3cc(=O)n4cc(Cl)ccc4n3)c2)cc1. The average molecular weight is 435 g/mol. The second-order valence-corrected chi connectivity index (χ2v) is 7.36. The van der Waals surface area contributed by atoms with Crippen molar-refractivity contribution < 1.29 is 9.53 Å². The molecule has 0 aliphatic heterocycles. The summed E-state index contributed by atoms with van der Waals surface area (Å²) < 4.78 is 7.14. The lowest BCUT2D eigenvalue weighted by Crippen LogP contribution is -2.19. The summed E-state index contributed by atoms with van der Waals surface area (Å²) in [6, 6.07) is 18.9. The number of benzene rings is 2. The first-order valence-corrected chi connectivity index (χ1v) is 9.89. The number of carbonyl (C=O) groups excluding carboxylic acids is 1. The number of ether oxygens (including phenoxy) is 1. The first-order valence-electron chi connectivity index (χ1n) is 9.52. The molecule has 2 aromatic heterocycles. The zero-order valence-corrected chi connectivity index (χ0v) is 17.4. The number of aryl methyl sites for hydroxylation is 1. The molecule has 4 rings (SSSR count). The van der Waals surface area contributed by atoms with Crippen LogP contribution in [0, 0.1) is 6.92 Å². The summed E-state index contributed by atoms with van der Waals surface area (Å²) in [4.78, 5) is 28.9. The van der Waals surface area contributed by atoms with E-state index in [1.807, 2.05) is 31.2 Å². The number of halogens is 1. The summed E-state index contributed by atoms with van der Waals surface area (Å²) in [5.41, 5.74) is 3.12. The standard InChI is InChI=1S/C23H19ClN4O3/c1-15-5-8-17(9-6-15)26-23(30)27-18-3-2-4-20(11-18)31-14-19-12-22(29)28-13-16(24)7-10-21(28)25-19/h2-13H,14H2,1H3,(H2,26,27,30). The lowest BCUT2D eigenvalue weighted by atomic mass is 10.2. The van der Waals surface area contributed by atoms with Gasteiger partial charge >= 0.3 is 6.03 Å². The Morgan fingerprint density at radius 2 is 1.81 bits per heavy atom. The van der Waals surface area contributed by atoms with Crippen LogP contribution in [-0.2, 0) is 6.61 Å². The second-order valence-electron chi connectivity index (χ2n) is 6.92. The van der Waals surface area contributed by atoms with E-state index in [9.17, 15) is 9.59 Å². The highest BCUT2D eigenvalue weighted by molar-refractivity contribution is 6.30. The van der Waals surface area contributed by atoms with E-state index in [1.54, 1.807) is 36.4 Å². The smallest absolute Gasteiger partial charge is 0.323 e. The summed E-state index contributed by atoms with van der Waals surface area (Å²) in [5, 5.41) is 6.00. The highest BCUT2D eigenvalue weighted by Gasteiger charge is 2.06. The van der Waals surface area contributed by atoms with Crippen LogP contribution in [0.25, 0.3) is 5.65 Å². The van der Waals surface area contributed by atoms with Crippen molar-refractivity contribution in [1.82, 2.24) is 9.38 Å². The van der Waals surface area contributed by atoms with E-state index in [4.69, 9.17) is 16.3 Å². The van der Waals surface area contributed by atoms with Crippen molar-refractivity contribution in [3.63, 3.8) is 0 Å². The number of rotatable bonds is 5. The number of amides is 2. The molecular weight excluding hydrogens is 416 g/mol. The molecular formula is C23H19ClN4O3. The molecule has 0 spiro atoms. The summed E-state index contributed by atoms with van der Waals surface area (Å²) in [6.45, 7) is 2.09. The molecule has 0 saturated carbocycles. The predicted octanol–water partition coefficient (Wildman–Crippen LogP) is 4.88. The van der Waals surface area contributed by atoms with Gasteiger partial charge in [0.05, 0.1) is 10.7 Å². The van der Waals surface area contributed by atoms with Gasteiger partial charge < -0.3 is 15.4 Å². The maximum absolute atomic E-state index is 12.3. The van der Waals surface area contributed by atoms with Crippen LogP contribution in [0.1, 0.15) is 11.3 Å². The molecule has 0 radical (unpaired) electrons. The minimum atomic E-state index is -0.358. The molecule has 7 nitrogen and oxygen atoms in total. The van der Waals surface area contributed by atoms with Gasteiger partial charge in [0.2, 0.25) is 0 Å². The van der Waals surface area contributed by atoms with E-state index in [1.165, 1.54) is 16.7 Å². The van der Waals surface area contributed by atoms with Gasteiger partial charge in [0, 0.05) is 29.7 Å². The number of urea groups is 1. The summed E-state index contributed by atoms with van der Waals surface area (Å²) in [7, 11) is 0. The molecule has 0 saturated heterocycles. The van der Waals surface area contributed by atoms with Gasteiger partial charge in [0.15, 0.2) is 0 Å². The quantitative estimate of drug-likeness (QED) is 0.469. The minimum Gasteiger partial charge on any atom is -0.487 e. The Morgan fingerprint density at radius 3 is 2.61 bits per heavy atom. The Kier molecular flexibility index (Phi) is 5.86. The average Bonchev–Trinajstić information content (AvgIpc) is 2.75. The van der Waals surface area contributed by atoms with Crippen LogP contribution >= 0.6 is 11.6 Å². The van der Waals surface area contributed by atoms with Crippen LogP contribution in [0.4, 0.5) is 16.2 Å². The molecule has 0 aliphatic carbocycles. The minimum absolute atomic E-state index is 0.105.